The average molecular weight is 308 g/mol. The van der Waals surface area contributed by atoms with Gasteiger partial charge in [0.15, 0.2) is 0 Å². The molecule has 1 aliphatic rings. The molecule has 0 radical (unpaired) electrons. The Hall–Kier alpha value is -1.60. The highest BCUT2D eigenvalue weighted by atomic mass is 16.3. The summed E-state index contributed by atoms with van der Waals surface area (Å²) in [5.41, 5.74) is 4.01. The van der Waals surface area contributed by atoms with Gasteiger partial charge < -0.3 is 5.11 Å². The summed E-state index contributed by atoms with van der Waals surface area (Å²) >= 11 is 0. The van der Waals surface area contributed by atoms with E-state index in [1.54, 1.807) is 0 Å². The fraction of sp³-hybridized carbons (Fsp3) is 0.455. The minimum Gasteiger partial charge on any atom is -0.393 e. The molecule has 1 saturated carbocycles. The molecule has 3 atom stereocenters. The van der Waals surface area contributed by atoms with E-state index in [-0.39, 0.29) is 11.5 Å². The van der Waals surface area contributed by atoms with Gasteiger partial charge in [0.05, 0.1) is 6.10 Å². The van der Waals surface area contributed by atoms with Crippen molar-refractivity contribution >= 4 is 0 Å². The van der Waals surface area contributed by atoms with E-state index in [4.69, 9.17) is 0 Å². The smallest absolute Gasteiger partial charge is 0.0579 e. The van der Waals surface area contributed by atoms with Crippen LogP contribution in [0.5, 0.6) is 0 Å². The Morgan fingerprint density at radius 3 is 2.30 bits per heavy atom. The van der Waals surface area contributed by atoms with Crippen molar-refractivity contribution in [2.75, 3.05) is 0 Å². The van der Waals surface area contributed by atoms with E-state index in [9.17, 15) is 5.11 Å². The van der Waals surface area contributed by atoms with Gasteiger partial charge in [0.1, 0.15) is 0 Å². The maximum absolute atomic E-state index is 10.7. The van der Waals surface area contributed by atoms with Gasteiger partial charge in [0.2, 0.25) is 0 Å². The molecular weight excluding hydrogens is 280 g/mol. The molecule has 0 saturated heterocycles. The highest BCUT2D eigenvalue weighted by Crippen LogP contribution is 2.46. The third-order valence-corrected chi connectivity index (χ3v) is 5.70. The molecule has 0 bridgehead atoms. The van der Waals surface area contributed by atoms with E-state index in [1.807, 2.05) is 0 Å². The minimum absolute atomic E-state index is 0.0528. The molecule has 0 amide bonds. The molecule has 1 aliphatic carbocycles. The monoisotopic (exact) mass is 308 g/mol. The predicted molar refractivity (Wildman–Crippen MR) is 97.4 cm³/mol. The second-order valence-corrected chi connectivity index (χ2v) is 7.69. The zero-order chi connectivity index (χ0) is 16.4. The van der Waals surface area contributed by atoms with Gasteiger partial charge >= 0.3 is 0 Å². The number of hydrogen-bond acceptors (Lipinski definition) is 1. The van der Waals surface area contributed by atoms with Crippen LogP contribution in [-0.4, -0.2) is 11.2 Å². The van der Waals surface area contributed by atoms with Crippen LogP contribution < -0.4 is 0 Å². The van der Waals surface area contributed by atoms with Gasteiger partial charge in [-0.25, -0.2) is 0 Å². The van der Waals surface area contributed by atoms with E-state index in [0.29, 0.717) is 11.8 Å². The molecule has 0 spiro atoms. The molecule has 1 fully saturated rings. The topological polar surface area (TPSA) is 20.2 Å². The highest BCUT2D eigenvalue weighted by Gasteiger charge is 2.40. The van der Waals surface area contributed by atoms with Crippen molar-refractivity contribution < 1.29 is 5.11 Å². The molecular formula is C22H28O. The average Bonchev–Trinajstić information content (AvgIpc) is 2.55. The molecule has 2 aromatic carbocycles. The molecule has 1 nitrogen and oxygen atoms in total. The molecule has 0 aliphatic heterocycles. The first-order valence-electron chi connectivity index (χ1n) is 8.84. The third-order valence-electron chi connectivity index (χ3n) is 5.70. The molecule has 122 valence electrons. The van der Waals surface area contributed by atoms with E-state index in [1.165, 1.54) is 16.7 Å². The van der Waals surface area contributed by atoms with E-state index < -0.39 is 0 Å². The molecule has 0 heterocycles. The van der Waals surface area contributed by atoms with Crippen LogP contribution in [0.4, 0.5) is 0 Å². The number of aliphatic hydroxyl groups is 1. The summed E-state index contributed by atoms with van der Waals surface area (Å²) in [6.45, 7) is 6.79. The van der Waals surface area contributed by atoms with E-state index in [2.05, 4.69) is 75.4 Å². The quantitative estimate of drug-likeness (QED) is 0.801. The number of hydrogen-bond donors (Lipinski definition) is 1. The fourth-order valence-electron chi connectivity index (χ4n) is 4.29. The zero-order valence-electron chi connectivity index (χ0n) is 14.5. The molecule has 2 aromatic rings. The molecule has 3 unspecified atom stereocenters. The van der Waals surface area contributed by atoms with Crippen LogP contribution in [0, 0.1) is 11.8 Å². The lowest BCUT2D eigenvalue weighted by Crippen LogP contribution is -2.40. The standard InChI is InChI=1S/C22H28O/c1-16(2)18-13-14-22(3,15-21(18)23)20-12-8-7-11-19(20)17-9-5-4-6-10-17/h4-12,16,18,21,23H,13-15H2,1-3H3. The van der Waals surface area contributed by atoms with Crippen LogP contribution in [0.2, 0.25) is 0 Å². The van der Waals surface area contributed by atoms with Crippen LogP contribution in [-0.2, 0) is 5.41 Å². The zero-order valence-corrected chi connectivity index (χ0v) is 14.5. The van der Waals surface area contributed by atoms with Gasteiger partial charge in [0, 0.05) is 0 Å². The van der Waals surface area contributed by atoms with E-state index in [0.717, 1.165) is 19.3 Å². The Labute approximate surface area is 140 Å². The summed E-state index contributed by atoms with van der Waals surface area (Å²) in [5, 5.41) is 10.7. The summed E-state index contributed by atoms with van der Waals surface area (Å²) in [6.07, 6.45) is 2.92. The Kier molecular flexibility index (Phi) is 4.59. The van der Waals surface area contributed by atoms with Gasteiger partial charge in [-0.2, -0.15) is 0 Å². The lowest BCUT2D eigenvalue weighted by Gasteiger charge is -2.43. The molecule has 0 aromatic heterocycles. The minimum atomic E-state index is -0.197. The van der Waals surface area contributed by atoms with Gasteiger partial charge in [-0.1, -0.05) is 75.4 Å². The van der Waals surface area contributed by atoms with Crippen molar-refractivity contribution in [3.63, 3.8) is 0 Å². The third kappa shape index (κ3) is 3.21. The SMILES string of the molecule is CC(C)C1CCC(C)(c2ccccc2-c2ccccc2)CC1O. The van der Waals surface area contributed by atoms with Gasteiger partial charge in [-0.05, 0) is 53.2 Å². The van der Waals surface area contributed by atoms with Gasteiger partial charge in [-0.15, -0.1) is 0 Å². The first kappa shape index (κ1) is 16.3. The van der Waals surface area contributed by atoms with Crippen LogP contribution in [0.3, 0.4) is 0 Å². The second-order valence-electron chi connectivity index (χ2n) is 7.69. The maximum Gasteiger partial charge on any atom is 0.0579 e. The summed E-state index contributed by atoms with van der Waals surface area (Å²) in [5.74, 6) is 0.992. The summed E-state index contributed by atoms with van der Waals surface area (Å²) in [4.78, 5) is 0. The van der Waals surface area contributed by atoms with Crippen molar-refractivity contribution in [3.8, 4) is 11.1 Å². The van der Waals surface area contributed by atoms with Crippen molar-refractivity contribution in [3.05, 3.63) is 60.2 Å². The highest BCUT2D eigenvalue weighted by molar-refractivity contribution is 5.68. The van der Waals surface area contributed by atoms with Gasteiger partial charge in [0.25, 0.3) is 0 Å². The maximum atomic E-state index is 10.7. The Morgan fingerprint density at radius 2 is 1.65 bits per heavy atom. The number of rotatable bonds is 3. The van der Waals surface area contributed by atoms with Crippen molar-refractivity contribution in [2.45, 2.75) is 51.6 Å². The predicted octanol–water partition coefficient (Wildman–Crippen LogP) is 5.43. The second kappa shape index (κ2) is 6.49. The lowest BCUT2D eigenvalue weighted by molar-refractivity contribution is 0.0153. The van der Waals surface area contributed by atoms with Crippen LogP contribution in [0.25, 0.3) is 11.1 Å². The van der Waals surface area contributed by atoms with Crippen molar-refractivity contribution in [2.24, 2.45) is 11.8 Å². The van der Waals surface area contributed by atoms with Crippen molar-refractivity contribution in [1.29, 1.82) is 0 Å². The molecule has 1 N–H and O–H groups in total. The normalized spacial score (nSPS) is 28.0. The molecule has 3 rings (SSSR count). The Morgan fingerprint density at radius 1 is 1.00 bits per heavy atom. The Bertz CT molecular complexity index is 646. The van der Waals surface area contributed by atoms with Crippen LogP contribution >= 0.6 is 0 Å². The summed E-state index contributed by atoms with van der Waals surface area (Å²) in [7, 11) is 0. The van der Waals surface area contributed by atoms with Crippen LogP contribution in [0.1, 0.15) is 45.6 Å². The largest absolute Gasteiger partial charge is 0.393 e. The number of aliphatic hydroxyl groups excluding tert-OH is 1. The lowest BCUT2D eigenvalue weighted by atomic mass is 9.63. The van der Waals surface area contributed by atoms with Crippen LogP contribution in [0.15, 0.2) is 54.6 Å². The fourth-order valence-corrected chi connectivity index (χ4v) is 4.29. The Balaban J connectivity index is 1.96. The summed E-state index contributed by atoms with van der Waals surface area (Å²) in [6, 6.07) is 19.3. The van der Waals surface area contributed by atoms with Gasteiger partial charge in [-0.3, -0.25) is 0 Å². The summed E-state index contributed by atoms with van der Waals surface area (Å²) < 4.78 is 0. The first-order chi connectivity index (χ1) is 11.0. The van der Waals surface area contributed by atoms with E-state index >= 15 is 0 Å². The number of benzene rings is 2. The molecule has 1 heteroatoms. The molecule has 23 heavy (non-hydrogen) atoms. The van der Waals surface area contributed by atoms with Crippen molar-refractivity contribution in [1.82, 2.24) is 0 Å². The first-order valence-corrected chi connectivity index (χ1v) is 8.84.